The molecule has 0 fully saturated rings. The zero-order valence-electron chi connectivity index (χ0n) is 14.7. The first-order valence-corrected chi connectivity index (χ1v) is 8.68. The van der Waals surface area contributed by atoms with Crippen molar-refractivity contribution in [1.29, 1.82) is 0 Å². The molecule has 7 heteroatoms. The van der Waals surface area contributed by atoms with Gasteiger partial charge in [-0.1, -0.05) is 19.4 Å². The normalized spacial score (nSPS) is 15.5. The number of nitrogens with zero attached hydrogens (tertiary/aromatic N) is 1. The molecule has 3 rings (SSSR count). The summed E-state index contributed by atoms with van der Waals surface area (Å²) in [5.41, 5.74) is 0.491. The number of fused-ring (bicyclic) bond motifs is 1. The highest BCUT2D eigenvalue weighted by Crippen LogP contribution is 2.35. The lowest BCUT2D eigenvalue weighted by molar-refractivity contribution is -0.440. The van der Waals surface area contributed by atoms with Crippen molar-refractivity contribution in [2.24, 2.45) is 0 Å². The van der Waals surface area contributed by atoms with E-state index in [1.165, 1.54) is 0 Å². The molecule has 1 unspecified atom stereocenters. The fourth-order valence-electron chi connectivity index (χ4n) is 2.61. The van der Waals surface area contributed by atoms with Gasteiger partial charge in [0.1, 0.15) is 6.21 Å². The number of hydrogen-bond donors (Lipinski definition) is 0. The molecule has 0 saturated heterocycles. The van der Waals surface area contributed by atoms with Gasteiger partial charge in [0, 0.05) is 12.0 Å². The zero-order valence-corrected chi connectivity index (χ0v) is 14.7. The van der Waals surface area contributed by atoms with Crippen molar-refractivity contribution in [2.75, 3.05) is 19.9 Å². The Kier molecular flexibility index (Phi) is 5.88. The Hall–Kier alpha value is -2.83. The molecule has 1 atom stereocenters. The maximum atomic E-state index is 12.5. The molecule has 138 valence electrons. The summed E-state index contributed by atoms with van der Waals surface area (Å²) in [6, 6.07) is 5.01. The zero-order chi connectivity index (χ0) is 18.4. The first-order chi connectivity index (χ1) is 12.7. The molecule has 2 aliphatic heterocycles. The van der Waals surface area contributed by atoms with Crippen molar-refractivity contribution in [2.45, 2.75) is 32.3 Å². The summed E-state index contributed by atoms with van der Waals surface area (Å²) in [6.07, 6.45) is 6.90. The molecular weight excluding hydrogens is 338 g/mol. The van der Waals surface area contributed by atoms with Gasteiger partial charge in [-0.2, -0.15) is 4.58 Å². The third kappa shape index (κ3) is 4.41. The van der Waals surface area contributed by atoms with E-state index in [9.17, 15) is 9.59 Å². The second-order valence-corrected chi connectivity index (χ2v) is 5.98. The average molecular weight is 360 g/mol. The first-order valence-electron chi connectivity index (χ1n) is 8.68. The SMILES string of the molecule is CCCCOC(=O)C(OC(=O)C[N+]1=CCC=C1)c1ccc2c(c1)OCO2. The Bertz CT molecular complexity index is 740. The number of allylic oxidation sites excluding steroid dienone is 1. The number of esters is 2. The van der Waals surface area contributed by atoms with Crippen LogP contribution in [0, 0.1) is 0 Å². The van der Waals surface area contributed by atoms with Crippen molar-refractivity contribution in [3.05, 3.63) is 36.0 Å². The van der Waals surface area contributed by atoms with Crippen LogP contribution in [0.25, 0.3) is 0 Å². The maximum absolute atomic E-state index is 12.5. The van der Waals surface area contributed by atoms with Crippen LogP contribution in [0.15, 0.2) is 30.5 Å². The third-order valence-corrected chi connectivity index (χ3v) is 3.99. The Balaban J connectivity index is 1.73. The van der Waals surface area contributed by atoms with Gasteiger partial charge in [0.25, 0.3) is 0 Å². The van der Waals surface area contributed by atoms with Crippen molar-refractivity contribution in [3.8, 4) is 11.5 Å². The minimum absolute atomic E-state index is 0.0415. The molecule has 2 heterocycles. The smallest absolute Gasteiger partial charge is 0.373 e. The van der Waals surface area contributed by atoms with Gasteiger partial charge in [0.2, 0.25) is 19.4 Å². The summed E-state index contributed by atoms with van der Waals surface area (Å²) in [4.78, 5) is 24.8. The van der Waals surface area contributed by atoms with Gasteiger partial charge in [0.15, 0.2) is 17.7 Å². The number of ether oxygens (including phenoxy) is 4. The number of benzene rings is 1. The summed E-state index contributed by atoms with van der Waals surface area (Å²) in [5.74, 6) is 0.00483. The summed E-state index contributed by atoms with van der Waals surface area (Å²) in [6.45, 7) is 2.46. The number of unbranched alkanes of at least 4 members (excludes halogenated alkanes) is 1. The van der Waals surface area contributed by atoms with Crippen molar-refractivity contribution < 1.29 is 33.1 Å². The Labute approximate surface area is 151 Å². The Morgan fingerprint density at radius 3 is 2.88 bits per heavy atom. The molecule has 0 radical (unpaired) electrons. The molecule has 0 saturated carbocycles. The standard InChI is InChI=1S/C19H22NO6/c1-2-3-10-23-19(22)18(26-17(21)12-20-8-4-5-9-20)14-6-7-15-16(11-14)25-13-24-15/h4,6-9,11,18H,2-3,5,10,12-13H2,1H3/q+1. The van der Waals surface area contributed by atoms with Gasteiger partial charge in [-0.15, -0.1) is 0 Å². The van der Waals surface area contributed by atoms with Crippen LogP contribution in [0.3, 0.4) is 0 Å². The second kappa shape index (κ2) is 8.51. The molecule has 0 spiro atoms. The van der Waals surface area contributed by atoms with Crippen LogP contribution in [-0.4, -0.2) is 42.7 Å². The van der Waals surface area contributed by atoms with Gasteiger partial charge in [0.05, 0.1) is 6.61 Å². The van der Waals surface area contributed by atoms with Gasteiger partial charge in [-0.25, -0.2) is 9.59 Å². The van der Waals surface area contributed by atoms with Gasteiger partial charge in [-0.3, -0.25) is 0 Å². The van der Waals surface area contributed by atoms with E-state index >= 15 is 0 Å². The molecule has 0 amide bonds. The molecule has 2 aliphatic rings. The number of carbonyl (C=O) groups excluding carboxylic acids is 2. The Morgan fingerprint density at radius 1 is 1.27 bits per heavy atom. The quantitative estimate of drug-likeness (QED) is 0.402. The molecule has 7 nitrogen and oxygen atoms in total. The van der Waals surface area contributed by atoms with E-state index in [1.54, 1.807) is 29.0 Å². The van der Waals surface area contributed by atoms with E-state index in [-0.39, 0.29) is 19.9 Å². The van der Waals surface area contributed by atoms with E-state index in [0.717, 1.165) is 19.3 Å². The van der Waals surface area contributed by atoms with Crippen LogP contribution >= 0.6 is 0 Å². The first kappa shape index (κ1) is 18.0. The van der Waals surface area contributed by atoms with Crippen LogP contribution in [-0.2, 0) is 19.1 Å². The van der Waals surface area contributed by atoms with Gasteiger partial charge >= 0.3 is 11.9 Å². The lowest BCUT2D eigenvalue weighted by Crippen LogP contribution is -2.26. The monoisotopic (exact) mass is 360 g/mol. The highest BCUT2D eigenvalue weighted by Gasteiger charge is 2.30. The fourth-order valence-corrected chi connectivity index (χ4v) is 2.61. The van der Waals surface area contributed by atoms with Crippen molar-refractivity contribution >= 4 is 18.2 Å². The molecule has 1 aromatic carbocycles. The molecule has 26 heavy (non-hydrogen) atoms. The Morgan fingerprint density at radius 2 is 2.12 bits per heavy atom. The van der Waals surface area contributed by atoms with Crippen LogP contribution in [0.1, 0.15) is 37.9 Å². The number of hydrogen-bond acceptors (Lipinski definition) is 6. The summed E-state index contributed by atoms with van der Waals surface area (Å²) in [5, 5.41) is 0. The summed E-state index contributed by atoms with van der Waals surface area (Å²) in [7, 11) is 0. The van der Waals surface area contributed by atoms with E-state index in [0.29, 0.717) is 17.1 Å². The van der Waals surface area contributed by atoms with Crippen LogP contribution in [0.5, 0.6) is 11.5 Å². The topological polar surface area (TPSA) is 74.1 Å². The average Bonchev–Trinajstić information content (AvgIpc) is 3.30. The third-order valence-electron chi connectivity index (χ3n) is 3.99. The highest BCUT2D eigenvalue weighted by molar-refractivity contribution is 5.81. The van der Waals surface area contributed by atoms with E-state index < -0.39 is 18.0 Å². The highest BCUT2D eigenvalue weighted by atomic mass is 16.7. The minimum Gasteiger partial charge on any atom is -0.463 e. The maximum Gasteiger partial charge on any atom is 0.373 e. The second-order valence-electron chi connectivity index (χ2n) is 5.98. The minimum atomic E-state index is -1.14. The molecular formula is C19H22NO6+. The van der Waals surface area contributed by atoms with E-state index in [4.69, 9.17) is 18.9 Å². The van der Waals surface area contributed by atoms with Crippen LogP contribution in [0.4, 0.5) is 0 Å². The predicted molar refractivity (Wildman–Crippen MR) is 92.2 cm³/mol. The molecule has 0 N–H and O–H groups in total. The fraction of sp³-hybridized carbons (Fsp3) is 0.421. The van der Waals surface area contributed by atoms with Crippen LogP contribution in [0.2, 0.25) is 0 Å². The van der Waals surface area contributed by atoms with Gasteiger partial charge < -0.3 is 18.9 Å². The van der Waals surface area contributed by atoms with Crippen molar-refractivity contribution in [3.63, 3.8) is 0 Å². The van der Waals surface area contributed by atoms with E-state index in [1.807, 2.05) is 19.2 Å². The lowest BCUT2D eigenvalue weighted by Gasteiger charge is -2.17. The predicted octanol–water partition coefficient (Wildman–Crippen LogP) is 2.34. The molecule has 0 aromatic heterocycles. The summed E-state index contributed by atoms with van der Waals surface area (Å²) < 4.78 is 23.1. The molecule has 1 aromatic rings. The van der Waals surface area contributed by atoms with Crippen LogP contribution < -0.4 is 9.47 Å². The lowest BCUT2D eigenvalue weighted by atomic mass is 10.1. The van der Waals surface area contributed by atoms with Crippen molar-refractivity contribution in [1.82, 2.24) is 0 Å². The number of rotatable bonds is 8. The summed E-state index contributed by atoms with van der Waals surface area (Å²) >= 11 is 0. The van der Waals surface area contributed by atoms with E-state index in [2.05, 4.69) is 0 Å². The number of carbonyl (C=O) groups is 2. The van der Waals surface area contributed by atoms with Gasteiger partial charge in [-0.05, 0) is 24.6 Å². The molecule has 0 aliphatic carbocycles. The molecule has 0 bridgehead atoms. The largest absolute Gasteiger partial charge is 0.463 e.